The lowest BCUT2D eigenvalue weighted by Crippen LogP contribution is -2.32. The van der Waals surface area contributed by atoms with Gasteiger partial charge in [0.2, 0.25) is 0 Å². The van der Waals surface area contributed by atoms with Gasteiger partial charge in [0.25, 0.3) is 0 Å². The highest BCUT2D eigenvalue weighted by Gasteiger charge is 2.13. The molecule has 0 saturated carbocycles. The zero-order chi connectivity index (χ0) is 12.7. The van der Waals surface area contributed by atoms with Crippen molar-refractivity contribution in [2.45, 2.75) is 45.2 Å². The van der Waals surface area contributed by atoms with Crippen molar-refractivity contribution >= 4 is 0 Å². The first kappa shape index (κ1) is 14.0. The minimum absolute atomic E-state index is 0.220. The lowest BCUT2D eigenvalue weighted by molar-refractivity contribution is 0.254. The van der Waals surface area contributed by atoms with E-state index < -0.39 is 0 Å². The van der Waals surface area contributed by atoms with Crippen LogP contribution in [0.4, 0.5) is 0 Å². The Morgan fingerprint density at radius 3 is 2.24 bits per heavy atom. The SMILES string of the molecule is CCC(CCO)NC(CC)c1ccc(O)cc1. The van der Waals surface area contributed by atoms with E-state index in [1.807, 2.05) is 12.1 Å². The number of rotatable bonds is 7. The van der Waals surface area contributed by atoms with Crippen molar-refractivity contribution in [3.05, 3.63) is 29.8 Å². The summed E-state index contributed by atoms with van der Waals surface area (Å²) in [6.07, 6.45) is 2.78. The molecule has 0 heterocycles. The maximum absolute atomic E-state index is 9.27. The van der Waals surface area contributed by atoms with Gasteiger partial charge >= 0.3 is 0 Å². The van der Waals surface area contributed by atoms with Crippen molar-refractivity contribution in [1.29, 1.82) is 0 Å². The van der Waals surface area contributed by atoms with E-state index in [0.717, 1.165) is 19.3 Å². The molecule has 0 aliphatic heterocycles. The number of hydrogen-bond acceptors (Lipinski definition) is 3. The van der Waals surface area contributed by atoms with Gasteiger partial charge in [-0.05, 0) is 37.0 Å². The lowest BCUT2D eigenvalue weighted by Gasteiger charge is -2.24. The highest BCUT2D eigenvalue weighted by atomic mass is 16.3. The summed E-state index contributed by atoms with van der Waals surface area (Å²) in [5.74, 6) is 0.297. The van der Waals surface area contributed by atoms with Crippen LogP contribution in [-0.2, 0) is 0 Å². The molecule has 1 aromatic carbocycles. The first-order valence-electron chi connectivity index (χ1n) is 6.37. The van der Waals surface area contributed by atoms with Crippen LogP contribution >= 0.6 is 0 Å². The Hall–Kier alpha value is -1.06. The number of aliphatic hydroxyl groups is 1. The topological polar surface area (TPSA) is 52.5 Å². The summed E-state index contributed by atoms with van der Waals surface area (Å²) in [5, 5.41) is 21.8. The van der Waals surface area contributed by atoms with Crippen molar-refractivity contribution in [3.8, 4) is 5.75 Å². The second-order valence-corrected chi connectivity index (χ2v) is 4.34. The Morgan fingerprint density at radius 2 is 1.76 bits per heavy atom. The van der Waals surface area contributed by atoms with Crippen LogP contribution in [0.15, 0.2) is 24.3 Å². The molecule has 0 aliphatic carbocycles. The van der Waals surface area contributed by atoms with Crippen LogP contribution in [-0.4, -0.2) is 22.9 Å². The van der Waals surface area contributed by atoms with Gasteiger partial charge in [0.05, 0.1) is 0 Å². The highest BCUT2D eigenvalue weighted by molar-refractivity contribution is 5.28. The maximum Gasteiger partial charge on any atom is 0.115 e. The van der Waals surface area contributed by atoms with E-state index in [0.29, 0.717) is 11.8 Å². The van der Waals surface area contributed by atoms with Crippen molar-refractivity contribution in [2.24, 2.45) is 0 Å². The van der Waals surface area contributed by atoms with Crippen LogP contribution in [0.3, 0.4) is 0 Å². The average Bonchev–Trinajstić information content (AvgIpc) is 2.36. The van der Waals surface area contributed by atoms with E-state index in [4.69, 9.17) is 5.11 Å². The Morgan fingerprint density at radius 1 is 1.12 bits per heavy atom. The first-order valence-corrected chi connectivity index (χ1v) is 6.37. The average molecular weight is 237 g/mol. The molecule has 0 bridgehead atoms. The summed E-state index contributed by atoms with van der Waals surface area (Å²) in [4.78, 5) is 0. The van der Waals surface area contributed by atoms with E-state index >= 15 is 0 Å². The molecular weight excluding hydrogens is 214 g/mol. The van der Waals surface area contributed by atoms with Gasteiger partial charge in [0.15, 0.2) is 0 Å². The standard InChI is InChI=1S/C14H23NO2/c1-3-12(9-10-16)15-14(4-2)11-5-7-13(17)8-6-11/h5-8,12,14-17H,3-4,9-10H2,1-2H3. The minimum Gasteiger partial charge on any atom is -0.508 e. The molecule has 0 aliphatic rings. The normalized spacial score (nSPS) is 14.5. The predicted molar refractivity (Wildman–Crippen MR) is 70.1 cm³/mol. The fraction of sp³-hybridized carbons (Fsp3) is 0.571. The molecule has 3 N–H and O–H groups in total. The molecule has 2 unspecified atom stereocenters. The van der Waals surface area contributed by atoms with Crippen LogP contribution in [0.25, 0.3) is 0 Å². The third kappa shape index (κ3) is 4.36. The smallest absolute Gasteiger partial charge is 0.115 e. The molecular formula is C14H23NO2. The van der Waals surface area contributed by atoms with Crippen molar-refractivity contribution in [2.75, 3.05) is 6.61 Å². The number of aromatic hydroxyl groups is 1. The summed E-state index contributed by atoms with van der Waals surface area (Å²) in [6, 6.07) is 7.95. The van der Waals surface area contributed by atoms with Crippen molar-refractivity contribution in [1.82, 2.24) is 5.32 Å². The van der Waals surface area contributed by atoms with E-state index in [-0.39, 0.29) is 12.6 Å². The quantitative estimate of drug-likeness (QED) is 0.683. The second kappa shape index (κ2) is 7.30. The Kier molecular flexibility index (Phi) is 6.01. The van der Waals surface area contributed by atoms with Crippen molar-refractivity contribution < 1.29 is 10.2 Å². The monoisotopic (exact) mass is 237 g/mol. The van der Waals surface area contributed by atoms with Gasteiger partial charge < -0.3 is 15.5 Å². The van der Waals surface area contributed by atoms with Gasteiger partial charge in [0, 0.05) is 18.7 Å². The zero-order valence-corrected chi connectivity index (χ0v) is 10.7. The summed E-state index contributed by atoms with van der Waals surface area (Å²) < 4.78 is 0. The first-order chi connectivity index (χ1) is 8.21. The van der Waals surface area contributed by atoms with E-state index in [9.17, 15) is 5.11 Å². The number of aliphatic hydroxyl groups excluding tert-OH is 1. The Bertz CT molecular complexity index is 311. The van der Waals surface area contributed by atoms with Crippen LogP contribution in [0.1, 0.15) is 44.7 Å². The molecule has 1 rings (SSSR count). The minimum atomic E-state index is 0.220. The van der Waals surface area contributed by atoms with Gasteiger partial charge in [-0.3, -0.25) is 0 Å². The number of phenolic OH excluding ortho intramolecular Hbond substituents is 1. The highest BCUT2D eigenvalue weighted by Crippen LogP contribution is 2.20. The molecule has 1 aromatic rings. The molecule has 0 fully saturated rings. The number of phenols is 1. The predicted octanol–water partition coefficient (Wildman–Crippen LogP) is 2.59. The maximum atomic E-state index is 9.27. The molecule has 0 aromatic heterocycles. The van der Waals surface area contributed by atoms with E-state index in [1.54, 1.807) is 12.1 Å². The molecule has 0 amide bonds. The number of benzene rings is 1. The Balaban J connectivity index is 2.67. The Labute approximate surface area is 103 Å². The molecule has 0 radical (unpaired) electrons. The third-order valence-corrected chi connectivity index (χ3v) is 3.11. The summed E-state index contributed by atoms with van der Waals surface area (Å²) >= 11 is 0. The van der Waals surface area contributed by atoms with Crippen LogP contribution in [0.2, 0.25) is 0 Å². The van der Waals surface area contributed by atoms with E-state index in [1.165, 1.54) is 5.56 Å². The molecule has 0 saturated heterocycles. The molecule has 17 heavy (non-hydrogen) atoms. The summed E-state index contributed by atoms with van der Waals surface area (Å²) in [5.41, 5.74) is 1.18. The summed E-state index contributed by atoms with van der Waals surface area (Å²) in [7, 11) is 0. The molecule has 2 atom stereocenters. The van der Waals surface area contributed by atoms with Gasteiger partial charge in [0.1, 0.15) is 5.75 Å². The fourth-order valence-corrected chi connectivity index (χ4v) is 2.00. The third-order valence-electron chi connectivity index (χ3n) is 3.11. The van der Waals surface area contributed by atoms with Gasteiger partial charge in [-0.25, -0.2) is 0 Å². The van der Waals surface area contributed by atoms with Crippen LogP contribution in [0.5, 0.6) is 5.75 Å². The van der Waals surface area contributed by atoms with E-state index in [2.05, 4.69) is 19.2 Å². The fourth-order valence-electron chi connectivity index (χ4n) is 2.00. The molecule has 96 valence electrons. The van der Waals surface area contributed by atoms with Crippen molar-refractivity contribution in [3.63, 3.8) is 0 Å². The van der Waals surface area contributed by atoms with Gasteiger partial charge in [-0.2, -0.15) is 0 Å². The second-order valence-electron chi connectivity index (χ2n) is 4.34. The molecule has 3 nitrogen and oxygen atoms in total. The number of nitrogens with one attached hydrogen (secondary N) is 1. The van der Waals surface area contributed by atoms with Gasteiger partial charge in [-0.1, -0.05) is 26.0 Å². The number of hydrogen-bond donors (Lipinski definition) is 3. The van der Waals surface area contributed by atoms with Crippen LogP contribution < -0.4 is 5.32 Å². The lowest BCUT2D eigenvalue weighted by atomic mass is 10.0. The molecule has 3 heteroatoms. The molecule has 0 spiro atoms. The largest absolute Gasteiger partial charge is 0.508 e. The summed E-state index contributed by atoms with van der Waals surface area (Å²) in [6.45, 7) is 4.48. The van der Waals surface area contributed by atoms with Crippen LogP contribution in [0, 0.1) is 0 Å². The van der Waals surface area contributed by atoms with Gasteiger partial charge in [-0.15, -0.1) is 0 Å². The zero-order valence-electron chi connectivity index (χ0n) is 10.7.